The second-order valence-electron chi connectivity index (χ2n) is 4.83. The van der Waals surface area contributed by atoms with E-state index in [9.17, 15) is 0 Å². The van der Waals surface area contributed by atoms with Crippen molar-refractivity contribution in [2.45, 2.75) is 25.8 Å². The maximum atomic E-state index is 5.81. The van der Waals surface area contributed by atoms with Crippen LogP contribution in [0.5, 0.6) is 5.75 Å². The Bertz CT molecular complexity index is 363. The Morgan fingerprint density at radius 2 is 2.11 bits per heavy atom. The van der Waals surface area contributed by atoms with Crippen LogP contribution in [0.15, 0.2) is 24.3 Å². The number of hydrogen-bond donors (Lipinski definition) is 1. The van der Waals surface area contributed by atoms with Gasteiger partial charge >= 0.3 is 0 Å². The first kappa shape index (κ1) is 13.4. The first-order valence-corrected chi connectivity index (χ1v) is 6.79. The second-order valence-corrected chi connectivity index (χ2v) is 4.83. The minimum atomic E-state index is 0.213. The van der Waals surface area contributed by atoms with Gasteiger partial charge in [-0.25, -0.2) is 0 Å². The number of ether oxygens (including phenoxy) is 2. The monoisotopic (exact) mass is 249 g/mol. The third-order valence-electron chi connectivity index (χ3n) is 3.30. The molecule has 0 bridgehead atoms. The highest BCUT2D eigenvalue weighted by Crippen LogP contribution is 2.30. The number of nitrogens with one attached hydrogen (secondary N) is 1. The van der Waals surface area contributed by atoms with E-state index in [0.717, 1.165) is 24.8 Å². The predicted octanol–water partition coefficient (Wildman–Crippen LogP) is 2.77. The summed E-state index contributed by atoms with van der Waals surface area (Å²) < 4.78 is 11.2. The predicted molar refractivity (Wildman–Crippen MR) is 73.0 cm³/mol. The molecular weight excluding hydrogens is 226 g/mol. The van der Waals surface area contributed by atoms with Crippen molar-refractivity contribution >= 4 is 0 Å². The molecule has 100 valence electrons. The molecular formula is C15H23NO2. The summed E-state index contributed by atoms with van der Waals surface area (Å²) in [6.07, 6.45) is 2.67. The van der Waals surface area contributed by atoms with Gasteiger partial charge in [0.1, 0.15) is 5.75 Å². The van der Waals surface area contributed by atoms with Crippen LogP contribution in [0.4, 0.5) is 0 Å². The van der Waals surface area contributed by atoms with Crippen LogP contribution in [-0.2, 0) is 4.74 Å². The number of likely N-dealkylation sites (N-methyl/N-ethyl adjacent to an activating group) is 1. The highest BCUT2D eigenvalue weighted by molar-refractivity contribution is 5.35. The number of para-hydroxylation sites is 1. The van der Waals surface area contributed by atoms with Crippen LogP contribution in [0.25, 0.3) is 0 Å². The van der Waals surface area contributed by atoms with Gasteiger partial charge in [0.05, 0.1) is 19.8 Å². The maximum absolute atomic E-state index is 5.81. The molecule has 2 rings (SSSR count). The normalized spacial score (nSPS) is 16.6. The molecule has 1 N–H and O–H groups in total. The molecule has 18 heavy (non-hydrogen) atoms. The molecule has 0 saturated heterocycles. The van der Waals surface area contributed by atoms with Crippen molar-refractivity contribution in [3.05, 3.63) is 29.8 Å². The smallest absolute Gasteiger partial charge is 0.123 e. The molecule has 3 nitrogen and oxygen atoms in total. The Morgan fingerprint density at radius 3 is 2.78 bits per heavy atom. The molecule has 0 aliphatic heterocycles. The van der Waals surface area contributed by atoms with Crippen molar-refractivity contribution in [3.63, 3.8) is 0 Å². The molecule has 1 aromatic carbocycles. The minimum Gasteiger partial charge on any atom is -0.496 e. The summed E-state index contributed by atoms with van der Waals surface area (Å²) >= 11 is 0. The van der Waals surface area contributed by atoms with E-state index in [1.807, 2.05) is 18.2 Å². The van der Waals surface area contributed by atoms with E-state index in [-0.39, 0.29) is 6.04 Å². The largest absolute Gasteiger partial charge is 0.496 e. The minimum absolute atomic E-state index is 0.213. The zero-order chi connectivity index (χ0) is 12.8. The van der Waals surface area contributed by atoms with Crippen molar-refractivity contribution in [1.29, 1.82) is 0 Å². The Labute approximate surface area is 109 Å². The van der Waals surface area contributed by atoms with Gasteiger partial charge in [-0.05, 0) is 31.4 Å². The maximum Gasteiger partial charge on any atom is 0.123 e. The summed E-state index contributed by atoms with van der Waals surface area (Å²) in [4.78, 5) is 0. The first-order valence-electron chi connectivity index (χ1n) is 6.79. The zero-order valence-electron chi connectivity index (χ0n) is 11.3. The van der Waals surface area contributed by atoms with Gasteiger partial charge in [0.2, 0.25) is 0 Å². The summed E-state index contributed by atoms with van der Waals surface area (Å²) in [5.41, 5.74) is 1.18. The Kier molecular flexibility index (Phi) is 5.02. The van der Waals surface area contributed by atoms with Crippen molar-refractivity contribution in [2.24, 2.45) is 5.92 Å². The molecule has 1 atom stereocenters. The lowest BCUT2D eigenvalue weighted by Gasteiger charge is -2.20. The van der Waals surface area contributed by atoms with E-state index in [1.165, 1.54) is 18.4 Å². The molecule has 0 aromatic heterocycles. The van der Waals surface area contributed by atoms with Crippen LogP contribution < -0.4 is 10.1 Å². The average Bonchev–Trinajstić information content (AvgIpc) is 3.22. The van der Waals surface area contributed by atoms with Gasteiger partial charge in [-0.15, -0.1) is 0 Å². The lowest BCUT2D eigenvalue weighted by molar-refractivity contribution is 0.102. The summed E-state index contributed by atoms with van der Waals surface area (Å²) in [7, 11) is 1.72. The van der Waals surface area contributed by atoms with Crippen LogP contribution >= 0.6 is 0 Å². The molecule has 1 unspecified atom stereocenters. The molecule has 1 fully saturated rings. The van der Waals surface area contributed by atoms with E-state index in [1.54, 1.807) is 7.11 Å². The number of rotatable bonds is 8. The molecule has 0 heterocycles. The van der Waals surface area contributed by atoms with Gasteiger partial charge in [0, 0.05) is 12.2 Å². The van der Waals surface area contributed by atoms with E-state index in [4.69, 9.17) is 9.47 Å². The lowest BCUT2D eigenvalue weighted by atomic mass is 10.1. The van der Waals surface area contributed by atoms with Crippen LogP contribution in [0.2, 0.25) is 0 Å². The Morgan fingerprint density at radius 1 is 1.33 bits per heavy atom. The van der Waals surface area contributed by atoms with Crippen LogP contribution in [-0.4, -0.2) is 26.9 Å². The van der Waals surface area contributed by atoms with Gasteiger partial charge in [-0.2, -0.15) is 0 Å². The van der Waals surface area contributed by atoms with Gasteiger partial charge in [0.25, 0.3) is 0 Å². The first-order chi connectivity index (χ1) is 8.85. The fraction of sp³-hybridized carbons (Fsp3) is 0.600. The fourth-order valence-electron chi connectivity index (χ4n) is 2.10. The van der Waals surface area contributed by atoms with Crippen molar-refractivity contribution in [1.82, 2.24) is 5.32 Å². The summed E-state index contributed by atoms with van der Waals surface area (Å²) in [6.45, 7) is 4.65. The SMILES string of the molecule is CCNC(COCC1CC1)c1ccccc1OC. The molecule has 3 heteroatoms. The number of methoxy groups -OCH3 is 1. The molecule has 1 aliphatic carbocycles. The van der Waals surface area contributed by atoms with Crippen LogP contribution in [0, 0.1) is 5.92 Å². The van der Waals surface area contributed by atoms with Crippen LogP contribution in [0.3, 0.4) is 0 Å². The lowest BCUT2D eigenvalue weighted by Crippen LogP contribution is -2.26. The molecule has 0 radical (unpaired) electrons. The van der Waals surface area contributed by atoms with Gasteiger partial charge in [-0.3, -0.25) is 0 Å². The summed E-state index contributed by atoms with van der Waals surface area (Å²) in [6, 6.07) is 8.36. The fourth-order valence-corrected chi connectivity index (χ4v) is 2.10. The van der Waals surface area contributed by atoms with E-state index in [2.05, 4.69) is 18.3 Å². The topological polar surface area (TPSA) is 30.5 Å². The highest BCUT2D eigenvalue weighted by atomic mass is 16.5. The quantitative estimate of drug-likeness (QED) is 0.768. The summed E-state index contributed by atoms with van der Waals surface area (Å²) in [5, 5.41) is 3.46. The summed E-state index contributed by atoms with van der Waals surface area (Å²) in [5.74, 6) is 1.74. The molecule has 0 amide bonds. The van der Waals surface area contributed by atoms with Crippen molar-refractivity contribution in [2.75, 3.05) is 26.9 Å². The van der Waals surface area contributed by atoms with Gasteiger partial charge < -0.3 is 14.8 Å². The average molecular weight is 249 g/mol. The Hall–Kier alpha value is -1.06. The van der Waals surface area contributed by atoms with Crippen molar-refractivity contribution < 1.29 is 9.47 Å². The van der Waals surface area contributed by atoms with E-state index in [0.29, 0.717) is 6.61 Å². The second kappa shape index (κ2) is 6.76. The molecule has 1 saturated carbocycles. The molecule has 1 aliphatic rings. The molecule has 0 spiro atoms. The number of benzene rings is 1. The third kappa shape index (κ3) is 3.72. The number of hydrogen-bond acceptors (Lipinski definition) is 3. The Balaban J connectivity index is 1.97. The molecule has 1 aromatic rings. The highest BCUT2D eigenvalue weighted by Gasteiger charge is 2.22. The van der Waals surface area contributed by atoms with Crippen LogP contribution in [0.1, 0.15) is 31.4 Å². The standard InChI is InChI=1S/C15H23NO2/c1-3-16-14(11-18-10-12-8-9-12)13-6-4-5-7-15(13)17-2/h4-7,12,14,16H,3,8-11H2,1-2H3. The zero-order valence-corrected chi connectivity index (χ0v) is 11.3. The van der Waals surface area contributed by atoms with Gasteiger partial charge in [-0.1, -0.05) is 25.1 Å². The third-order valence-corrected chi connectivity index (χ3v) is 3.30. The van der Waals surface area contributed by atoms with E-state index < -0.39 is 0 Å². The van der Waals surface area contributed by atoms with Crippen molar-refractivity contribution in [3.8, 4) is 5.75 Å². The van der Waals surface area contributed by atoms with E-state index >= 15 is 0 Å². The van der Waals surface area contributed by atoms with Gasteiger partial charge in [0.15, 0.2) is 0 Å².